The predicted octanol–water partition coefficient (Wildman–Crippen LogP) is 2.74. The van der Waals surface area contributed by atoms with Gasteiger partial charge in [-0.3, -0.25) is 0 Å². The summed E-state index contributed by atoms with van der Waals surface area (Å²) in [6, 6.07) is 1.02. The van der Waals surface area contributed by atoms with Crippen LogP contribution < -0.4 is 5.32 Å². The van der Waals surface area contributed by atoms with Gasteiger partial charge in [-0.2, -0.15) is 0 Å². The molecular weight excluding hydrogens is 214 g/mol. The van der Waals surface area contributed by atoms with E-state index >= 15 is 0 Å². The van der Waals surface area contributed by atoms with Gasteiger partial charge < -0.3 is 14.8 Å². The highest BCUT2D eigenvalue weighted by atomic mass is 16.5. The first kappa shape index (κ1) is 14.9. The Labute approximate surface area is 106 Å². The first-order valence-corrected chi connectivity index (χ1v) is 7.13. The molecular formula is C14H29NO2. The SMILES string of the molecule is CCOCC(C)NC1CCOC(CC)(CC)C1. The van der Waals surface area contributed by atoms with Crippen LogP contribution in [-0.4, -0.2) is 37.5 Å². The molecule has 3 heteroatoms. The summed E-state index contributed by atoms with van der Waals surface area (Å²) in [5.74, 6) is 0. The van der Waals surface area contributed by atoms with Gasteiger partial charge in [-0.15, -0.1) is 0 Å². The molecule has 1 saturated heterocycles. The first-order chi connectivity index (χ1) is 8.15. The van der Waals surface area contributed by atoms with Gasteiger partial charge in [0, 0.05) is 25.3 Å². The van der Waals surface area contributed by atoms with E-state index in [1.807, 2.05) is 6.92 Å². The molecule has 0 spiro atoms. The predicted molar refractivity (Wildman–Crippen MR) is 71.4 cm³/mol. The van der Waals surface area contributed by atoms with Crippen molar-refractivity contribution in [3.63, 3.8) is 0 Å². The van der Waals surface area contributed by atoms with E-state index in [1.54, 1.807) is 0 Å². The minimum Gasteiger partial charge on any atom is -0.380 e. The number of hydrogen-bond donors (Lipinski definition) is 1. The van der Waals surface area contributed by atoms with Gasteiger partial charge in [-0.05, 0) is 39.5 Å². The summed E-state index contributed by atoms with van der Waals surface area (Å²) in [6.45, 7) is 11.2. The lowest BCUT2D eigenvalue weighted by atomic mass is 9.85. The highest BCUT2D eigenvalue weighted by Gasteiger charge is 2.34. The van der Waals surface area contributed by atoms with Gasteiger partial charge >= 0.3 is 0 Å². The van der Waals surface area contributed by atoms with Crippen LogP contribution in [0, 0.1) is 0 Å². The Kier molecular flexibility index (Phi) is 6.45. The molecule has 1 aliphatic rings. The van der Waals surface area contributed by atoms with Gasteiger partial charge in [-0.1, -0.05) is 13.8 Å². The lowest BCUT2D eigenvalue weighted by molar-refractivity contribution is -0.0946. The standard InChI is InChI=1S/C14H29NO2/c1-5-14(6-2)10-13(8-9-17-14)15-12(4)11-16-7-3/h12-13,15H,5-11H2,1-4H3. The fourth-order valence-electron chi connectivity index (χ4n) is 2.66. The number of nitrogens with one attached hydrogen (secondary N) is 1. The second-order valence-electron chi connectivity index (χ2n) is 5.16. The largest absolute Gasteiger partial charge is 0.380 e. The van der Waals surface area contributed by atoms with Crippen molar-refractivity contribution in [2.75, 3.05) is 19.8 Å². The molecule has 0 aliphatic carbocycles. The van der Waals surface area contributed by atoms with E-state index in [0.29, 0.717) is 12.1 Å². The van der Waals surface area contributed by atoms with Gasteiger partial charge in [-0.25, -0.2) is 0 Å². The minimum absolute atomic E-state index is 0.112. The molecule has 1 aliphatic heterocycles. The number of ether oxygens (including phenoxy) is 2. The van der Waals surface area contributed by atoms with Gasteiger partial charge in [0.2, 0.25) is 0 Å². The maximum absolute atomic E-state index is 5.99. The highest BCUT2D eigenvalue weighted by Crippen LogP contribution is 2.31. The molecule has 0 bridgehead atoms. The highest BCUT2D eigenvalue weighted by molar-refractivity contribution is 4.89. The molecule has 1 fully saturated rings. The lowest BCUT2D eigenvalue weighted by Gasteiger charge is -2.41. The number of rotatable bonds is 7. The van der Waals surface area contributed by atoms with Gasteiger partial charge in [0.25, 0.3) is 0 Å². The molecule has 17 heavy (non-hydrogen) atoms. The third-order valence-corrected chi connectivity index (χ3v) is 3.87. The van der Waals surface area contributed by atoms with Crippen molar-refractivity contribution in [1.29, 1.82) is 0 Å². The molecule has 0 aromatic rings. The molecule has 2 atom stereocenters. The minimum atomic E-state index is 0.112. The Hall–Kier alpha value is -0.120. The Morgan fingerprint density at radius 3 is 2.65 bits per heavy atom. The number of hydrogen-bond acceptors (Lipinski definition) is 3. The van der Waals surface area contributed by atoms with Crippen LogP contribution in [0.1, 0.15) is 53.4 Å². The normalized spacial score (nSPS) is 25.8. The van der Waals surface area contributed by atoms with Crippen LogP contribution in [0.2, 0.25) is 0 Å². The third-order valence-electron chi connectivity index (χ3n) is 3.87. The summed E-state index contributed by atoms with van der Waals surface area (Å²) < 4.78 is 11.4. The summed E-state index contributed by atoms with van der Waals surface area (Å²) >= 11 is 0. The van der Waals surface area contributed by atoms with Crippen molar-refractivity contribution in [2.45, 2.75) is 71.1 Å². The van der Waals surface area contributed by atoms with E-state index in [4.69, 9.17) is 9.47 Å². The maximum atomic E-state index is 5.99. The van der Waals surface area contributed by atoms with Crippen LogP contribution in [0.4, 0.5) is 0 Å². The maximum Gasteiger partial charge on any atom is 0.0692 e. The van der Waals surface area contributed by atoms with Crippen LogP contribution in [0.25, 0.3) is 0 Å². The molecule has 0 radical (unpaired) electrons. The molecule has 0 saturated carbocycles. The van der Waals surface area contributed by atoms with Gasteiger partial charge in [0.05, 0.1) is 12.2 Å². The summed E-state index contributed by atoms with van der Waals surface area (Å²) in [4.78, 5) is 0. The summed E-state index contributed by atoms with van der Waals surface area (Å²) in [5.41, 5.74) is 0.112. The Balaban J connectivity index is 2.38. The second-order valence-corrected chi connectivity index (χ2v) is 5.16. The molecule has 102 valence electrons. The molecule has 3 nitrogen and oxygen atoms in total. The van der Waals surface area contributed by atoms with Crippen molar-refractivity contribution < 1.29 is 9.47 Å². The Morgan fingerprint density at radius 1 is 1.35 bits per heavy atom. The zero-order valence-electron chi connectivity index (χ0n) is 11.9. The average Bonchev–Trinajstić information content (AvgIpc) is 2.36. The van der Waals surface area contributed by atoms with Crippen molar-refractivity contribution in [3.8, 4) is 0 Å². The third kappa shape index (κ3) is 4.57. The van der Waals surface area contributed by atoms with E-state index < -0.39 is 0 Å². The summed E-state index contributed by atoms with van der Waals surface area (Å²) in [6.07, 6.45) is 4.48. The molecule has 0 aromatic heterocycles. The van der Waals surface area contributed by atoms with Crippen LogP contribution in [0.15, 0.2) is 0 Å². The molecule has 1 rings (SSSR count). The monoisotopic (exact) mass is 243 g/mol. The van der Waals surface area contributed by atoms with Crippen molar-refractivity contribution in [1.82, 2.24) is 5.32 Å². The van der Waals surface area contributed by atoms with Crippen LogP contribution >= 0.6 is 0 Å². The Morgan fingerprint density at radius 2 is 2.06 bits per heavy atom. The molecule has 1 heterocycles. The molecule has 0 aromatic carbocycles. The first-order valence-electron chi connectivity index (χ1n) is 7.13. The zero-order chi connectivity index (χ0) is 12.7. The van der Waals surface area contributed by atoms with Gasteiger partial charge in [0.1, 0.15) is 0 Å². The second kappa shape index (κ2) is 7.34. The van der Waals surface area contributed by atoms with Crippen LogP contribution in [-0.2, 0) is 9.47 Å². The van der Waals surface area contributed by atoms with Crippen molar-refractivity contribution in [3.05, 3.63) is 0 Å². The quantitative estimate of drug-likeness (QED) is 0.746. The molecule has 2 unspecified atom stereocenters. The smallest absolute Gasteiger partial charge is 0.0692 e. The van der Waals surface area contributed by atoms with Crippen LogP contribution in [0.3, 0.4) is 0 Å². The van der Waals surface area contributed by atoms with E-state index in [0.717, 1.165) is 45.5 Å². The van der Waals surface area contributed by atoms with Gasteiger partial charge in [0.15, 0.2) is 0 Å². The van der Waals surface area contributed by atoms with Crippen LogP contribution in [0.5, 0.6) is 0 Å². The molecule has 0 amide bonds. The van der Waals surface area contributed by atoms with E-state index in [2.05, 4.69) is 26.1 Å². The van der Waals surface area contributed by atoms with Crippen molar-refractivity contribution >= 4 is 0 Å². The van der Waals surface area contributed by atoms with E-state index in [-0.39, 0.29) is 5.60 Å². The fraction of sp³-hybridized carbons (Fsp3) is 1.00. The van der Waals surface area contributed by atoms with E-state index in [9.17, 15) is 0 Å². The average molecular weight is 243 g/mol. The molecule has 1 N–H and O–H groups in total. The zero-order valence-corrected chi connectivity index (χ0v) is 11.9. The van der Waals surface area contributed by atoms with E-state index in [1.165, 1.54) is 0 Å². The topological polar surface area (TPSA) is 30.5 Å². The lowest BCUT2D eigenvalue weighted by Crippen LogP contribution is -2.49. The Bertz CT molecular complexity index is 204. The summed E-state index contributed by atoms with van der Waals surface area (Å²) in [5, 5.41) is 3.67. The summed E-state index contributed by atoms with van der Waals surface area (Å²) in [7, 11) is 0. The van der Waals surface area contributed by atoms with Crippen molar-refractivity contribution in [2.24, 2.45) is 0 Å². The fourth-order valence-corrected chi connectivity index (χ4v) is 2.66.